The van der Waals surface area contributed by atoms with Crippen molar-refractivity contribution in [1.29, 1.82) is 0 Å². The van der Waals surface area contributed by atoms with E-state index in [9.17, 15) is 24.0 Å². The molecule has 2 aromatic rings. The minimum atomic E-state index is -2.24. The smallest absolute Gasteiger partial charge is 0.320 e. The molecule has 2 aromatic carbocycles. The van der Waals surface area contributed by atoms with E-state index in [1.54, 1.807) is 60.7 Å². The number of hydrogen-bond donors (Lipinski definition) is 3. The van der Waals surface area contributed by atoms with E-state index in [1.807, 2.05) is 0 Å². The summed E-state index contributed by atoms with van der Waals surface area (Å²) < 4.78 is 0. The minimum absolute atomic E-state index is 0.366. The van der Waals surface area contributed by atoms with E-state index in [0.29, 0.717) is 34.7 Å². The molecule has 5 N–H and O–H groups in total. The Morgan fingerprint density at radius 3 is 1.50 bits per heavy atom. The van der Waals surface area contributed by atoms with Crippen LogP contribution in [0.2, 0.25) is 0 Å². The second kappa shape index (κ2) is 11.7. The normalized spacial score (nSPS) is 12.1. The summed E-state index contributed by atoms with van der Waals surface area (Å²) in [5.41, 5.74) is 10.1. The van der Waals surface area contributed by atoms with Gasteiger partial charge in [0.25, 0.3) is 0 Å². The molecule has 0 spiro atoms. The zero-order valence-electron chi connectivity index (χ0n) is 16.9. The van der Waals surface area contributed by atoms with Gasteiger partial charge in [0.15, 0.2) is 11.6 Å². The SMILES string of the molecule is NC(CC(N)(C(=O)CSC(=O)c1ccccc1)C(=O)CSC(=O)c1ccccc1)C(=O)O. The molecule has 0 fully saturated rings. The zero-order chi connectivity index (χ0) is 23.7. The van der Waals surface area contributed by atoms with Gasteiger partial charge >= 0.3 is 5.97 Å². The number of benzene rings is 2. The maximum atomic E-state index is 12.9. The Hall–Kier alpha value is -2.79. The predicted octanol–water partition coefficient (Wildman–Crippen LogP) is 1.77. The zero-order valence-corrected chi connectivity index (χ0v) is 18.6. The minimum Gasteiger partial charge on any atom is -0.480 e. The molecule has 1 unspecified atom stereocenters. The fraction of sp³-hybridized carbons (Fsp3) is 0.227. The summed E-state index contributed by atoms with van der Waals surface area (Å²) in [5.74, 6) is -3.98. The monoisotopic (exact) mass is 474 g/mol. The number of rotatable bonds is 11. The highest BCUT2D eigenvalue weighted by Gasteiger charge is 2.43. The first-order valence-electron chi connectivity index (χ1n) is 9.43. The second-order valence-electron chi connectivity index (χ2n) is 6.85. The number of thioether (sulfide) groups is 2. The van der Waals surface area contributed by atoms with Crippen LogP contribution in [0.25, 0.3) is 0 Å². The molecule has 0 aliphatic heterocycles. The molecule has 0 aromatic heterocycles. The van der Waals surface area contributed by atoms with Gasteiger partial charge in [0.05, 0.1) is 11.5 Å². The fourth-order valence-corrected chi connectivity index (χ4v) is 4.30. The van der Waals surface area contributed by atoms with Gasteiger partial charge in [-0.25, -0.2) is 0 Å². The quantitative estimate of drug-likeness (QED) is 0.410. The Labute approximate surface area is 193 Å². The van der Waals surface area contributed by atoms with Crippen LogP contribution in [-0.2, 0) is 14.4 Å². The topological polar surface area (TPSA) is 158 Å². The number of Topliss-reactive ketones (excluding diaryl/α,β-unsaturated/α-hetero) is 2. The summed E-state index contributed by atoms with van der Waals surface area (Å²) in [4.78, 5) is 61.4. The summed E-state index contributed by atoms with van der Waals surface area (Å²) >= 11 is 1.31. The third-order valence-electron chi connectivity index (χ3n) is 4.54. The first-order chi connectivity index (χ1) is 15.1. The Bertz CT molecular complexity index is 930. The van der Waals surface area contributed by atoms with Gasteiger partial charge in [-0.2, -0.15) is 0 Å². The van der Waals surface area contributed by atoms with E-state index in [-0.39, 0.29) is 0 Å². The van der Waals surface area contributed by atoms with Crippen molar-refractivity contribution in [3.8, 4) is 0 Å². The number of aliphatic carboxylic acids is 1. The average Bonchev–Trinajstić information content (AvgIpc) is 2.81. The average molecular weight is 475 g/mol. The number of carboxylic acids is 1. The lowest BCUT2D eigenvalue weighted by Gasteiger charge is -2.27. The van der Waals surface area contributed by atoms with Crippen molar-refractivity contribution in [2.75, 3.05) is 11.5 Å². The van der Waals surface area contributed by atoms with Crippen LogP contribution >= 0.6 is 23.5 Å². The van der Waals surface area contributed by atoms with Crippen molar-refractivity contribution < 1.29 is 29.1 Å². The number of hydrogen-bond acceptors (Lipinski definition) is 9. The lowest BCUT2D eigenvalue weighted by Crippen LogP contribution is -2.60. The van der Waals surface area contributed by atoms with Gasteiger partial charge in [-0.3, -0.25) is 24.0 Å². The van der Waals surface area contributed by atoms with Crippen LogP contribution in [0, 0.1) is 0 Å². The molecular weight excluding hydrogens is 452 g/mol. The fourth-order valence-electron chi connectivity index (χ4n) is 2.65. The highest BCUT2D eigenvalue weighted by Crippen LogP contribution is 2.22. The maximum absolute atomic E-state index is 12.9. The first-order valence-corrected chi connectivity index (χ1v) is 11.4. The van der Waals surface area contributed by atoms with Gasteiger partial charge in [-0.1, -0.05) is 84.2 Å². The molecule has 168 valence electrons. The summed E-state index contributed by atoms with van der Waals surface area (Å²) in [7, 11) is 0. The van der Waals surface area contributed by atoms with Crippen molar-refractivity contribution >= 4 is 51.3 Å². The van der Waals surface area contributed by atoms with Crippen LogP contribution in [0.15, 0.2) is 60.7 Å². The molecule has 0 saturated carbocycles. The van der Waals surface area contributed by atoms with E-state index in [0.717, 1.165) is 0 Å². The van der Waals surface area contributed by atoms with Crippen LogP contribution in [0.5, 0.6) is 0 Å². The first kappa shape index (κ1) is 25.5. The molecule has 2 rings (SSSR count). The summed E-state index contributed by atoms with van der Waals surface area (Å²) in [6, 6.07) is 14.9. The number of carbonyl (C=O) groups excluding carboxylic acids is 4. The number of carbonyl (C=O) groups is 5. The standard InChI is InChI=1S/C22H22N2O6S2/c23-16(19(27)28)11-22(24,17(25)12-31-20(29)14-7-3-1-4-8-14)18(26)13-32-21(30)15-9-5-2-6-10-15/h1-10,16H,11-13,23-24H2,(H,27,28). The Morgan fingerprint density at radius 2 is 1.16 bits per heavy atom. The number of ketones is 2. The molecule has 0 heterocycles. The lowest BCUT2D eigenvalue weighted by molar-refractivity contribution is -0.140. The van der Waals surface area contributed by atoms with Gasteiger partial charge in [-0.15, -0.1) is 0 Å². The predicted molar refractivity (Wildman–Crippen MR) is 124 cm³/mol. The maximum Gasteiger partial charge on any atom is 0.320 e. The number of nitrogens with two attached hydrogens (primary N) is 2. The van der Waals surface area contributed by atoms with Crippen molar-refractivity contribution in [3.63, 3.8) is 0 Å². The van der Waals surface area contributed by atoms with E-state index in [4.69, 9.17) is 16.6 Å². The highest BCUT2D eigenvalue weighted by atomic mass is 32.2. The summed E-state index contributed by atoms with van der Waals surface area (Å²) in [6.45, 7) is 0. The molecule has 32 heavy (non-hydrogen) atoms. The van der Waals surface area contributed by atoms with E-state index in [2.05, 4.69) is 0 Å². The van der Waals surface area contributed by atoms with Gasteiger partial charge in [0.2, 0.25) is 10.2 Å². The van der Waals surface area contributed by atoms with Crippen LogP contribution < -0.4 is 11.5 Å². The molecule has 10 heteroatoms. The highest BCUT2D eigenvalue weighted by molar-refractivity contribution is 8.15. The molecule has 0 amide bonds. The van der Waals surface area contributed by atoms with E-state index < -0.39 is 57.3 Å². The van der Waals surface area contributed by atoms with Crippen molar-refractivity contribution in [1.82, 2.24) is 0 Å². The van der Waals surface area contributed by atoms with E-state index >= 15 is 0 Å². The van der Waals surface area contributed by atoms with Crippen LogP contribution in [-0.4, -0.2) is 56.0 Å². The molecule has 0 aliphatic rings. The van der Waals surface area contributed by atoms with Gasteiger partial charge in [0, 0.05) is 17.5 Å². The van der Waals surface area contributed by atoms with Gasteiger partial charge in [-0.05, 0) is 0 Å². The summed E-state index contributed by atoms with van der Waals surface area (Å²) in [5, 5.41) is 8.32. The molecule has 0 radical (unpaired) electrons. The molecule has 0 aliphatic carbocycles. The number of carboxylic acid groups (broad SMARTS) is 1. The molecular formula is C22H22N2O6S2. The van der Waals surface area contributed by atoms with Gasteiger partial charge in [0.1, 0.15) is 11.6 Å². The Kier molecular flexibility index (Phi) is 9.33. The third-order valence-corrected chi connectivity index (χ3v) is 6.35. The molecule has 0 bridgehead atoms. The molecule has 0 saturated heterocycles. The Balaban J connectivity index is 2.11. The lowest BCUT2D eigenvalue weighted by atomic mass is 9.85. The van der Waals surface area contributed by atoms with Crippen molar-refractivity contribution in [2.45, 2.75) is 18.0 Å². The van der Waals surface area contributed by atoms with Gasteiger partial charge < -0.3 is 16.6 Å². The largest absolute Gasteiger partial charge is 0.480 e. The van der Waals surface area contributed by atoms with Crippen molar-refractivity contribution in [3.05, 3.63) is 71.8 Å². The molecule has 1 atom stereocenters. The molecule has 8 nitrogen and oxygen atoms in total. The third kappa shape index (κ3) is 6.86. The van der Waals surface area contributed by atoms with Crippen molar-refractivity contribution in [2.24, 2.45) is 11.5 Å². The van der Waals surface area contributed by atoms with Crippen LogP contribution in [0.1, 0.15) is 27.1 Å². The second-order valence-corrected chi connectivity index (χ2v) is 8.75. The van der Waals surface area contributed by atoms with Crippen LogP contribution in [0.4, 0.5) is 0 Å². The van der Waals surface area contributed by atoms with Crippen LogP contribution in [0.3, 0.4) is 0 Å². The Morgan fingerprint density at radius 1 is 0.781 bits per heavy atom. The summed E-state index contributed by atoms with van der Waals surface area (Å²) in [6.07, 6.45) is -0.653. The van der Waals surface area contributed by atoms with E-state index in [1.165, 1.54) is 0 Å².